The van der Waals surface area contributed by atoms with Crippen molar-refractivity contribution in [1.29, 1.82) is 0 Å². The molecule has 0 N–H and O–H groups in total. The van der Waals surface area contributed by atoms with Gasteiger partial charge in [0.05, 0.1) is 25.0 Å². The lowest BCUT2D eigenvalue weighted by molar-refractivity contribution is -0.140. The summed E-state index contributed by atoms with van der Waals surface area (Å²) in [5, 5.41) is 0. The molecule has 0 aliphatic carbocycles. The van der Waals surface area contributed by atoms with Gasteiger partial charge in [0.25, 0.3) is 5.91 Å². The minimum absolute atomic E-state index is 0.0445. The number of hydrogen-bond donors (Lipinski definition) is 0. The molecule has 1 aliphatic rings. The summed E-state index contributed by atoms with van der Waals surface area (Å²) >= 11 is 0. The number of carbonyl (C=O) groups excluding carboxylic acids is 2. The molecule has 1 aliphatic heterocycles. The number of fused-ring (bicyclic) bond motifs is 3. The number of sulfonamides is 1. The maximum Gasteiger partial charge on any atom is 0.321 e. The fraction of sp³-hybridized carbons (Fsp3) is 0.450. The maximum atomic E-state index is 13.3. The molecule has 0 unspecified atom stereocenters. The smallest absolute Gasteiger partial charge is 0.321 e. The molecule has 0 spiro atoms. The number of esters is 1. The number of ether oxygens (including phenoxy) is 1. The largest absolute Gasteiger partial charge is 0.468 e. The van der Waals surface area contributed by atoms with Gasteiger partial charge in [-0.15, -0.1) is 0 Å². The van der Waals surface area contributed by atoms with Crippen molar-refractivity contribution in [3.8, 4) is 5.69 Å². The average molecular weight is 435 g/mol. The summed E-state index contributed by atoms with van der Waals surface area (Å²) in [6, 6.07) is 6.47. The number of benzene rings is 1. The summed E-state index contributed by atoms with van der Waals surface area (Å²) in [6.45, 7) is 4.52. The minimum atomic E-state index is -3.99. The highest BCUT2D eigenvalue weighted by molar-refractivity contribution is 7.89. The van der Waals surface area contributed by atoms with Crippen molar-refractivity contribution < 1.29 is 22.7 Å². The van der Waals surface area contributed by atoms with E-state index in [1.165, 1.54) is 19.5 Å². The molecule has 162 valence electrons. The SMILES string of the molecule is CCCN(CCC)C(=O)c1ncn2c1CN(CC(=O)OC)S(=O)(=O)c1ccccc1-2. The van der Waals surface area contributed by atoms with E-state index in [9.17, 15) is 18.0 Å². The van der Waals surface area contributed by atoms with Crippen molar-refractivity contribution in [3.05, 3.63) is 42.0 Å². The number of aromatic nitrogens is 2. The molecule has 2 heterocycles. The summed E-state index contributed by atoms with van der Waals surface area (Å²) in [4.78, 5) is 31.2. The predicted octanol–water partition coefficient (Wildman–Crippen LogP) is 1.81. The molecule has 2 aromatic rings. The van der Waals surface area contributed by atoms with Crippen LogP contribution in [0.2, 0.25) is 0 Å². The molecule has 1 amide bonds. The zero-order valence-electron chi connectivity index (χ0n) is 17.4. The van der Waals surface area contributed by atoms with Crippen LogP contribution in [0.25, 0.3) is 5.69 Å². The van der Waals surface area contributed by atoms with Gasteiger partial charge in [0.2, 0.25) is 10.0 Å². The zero-order chi connectivity index (χ0) is 21.9. The van der Waals surface area contributed by atoms with Gasteiger partial charge < -0.3 is 9.64 Å². The van der Waals surface area contributed by atoms with Crippen molar-refractivity contribution in [2.75, 3.05) is 26.7 Å². The van der Waals surface area contributed by atoms with Crippen LogP contribution < -0.4 is 0 Å². The van der Waals surface area contributed by atoms with Crippen molar-refractivity contribution >= 4 is 21.9 Å². The zero-order valence-corrected chi connectivity index (χ0v) is 18.2. The number of imidazole rings is 1. The first-order chi connectivity index (χ1) is 14.3. The molecular formula is C20H26N4O5S. The van der Waals surface area contributed by atoms with Crippen molar-refractivity contribution in [2.24, 2.45) is 0 Å². The molecule has 0 radical (unpaired) electrons. The normalized spacial score (nSPS) is 15.0. The van der Waals surface area contributed by atoms with E-state index in [2.05, 4.69) is 9.72 Å². The number of carbonyl (C=O) groups is 2. The topological polar surface area (TPSA) is 102 Å². The van der Waals surface area contributed by atoms with E-state index in [-0.39, 0.29) is 23.0 Å². The quantitative estimate of drug-likeness (QED) is 0.616. The molecule has 10 heteroatoms. The van der Waals surface area contributed by atoms with Gasteiger partial charge >= 0.3 is 5.97 Å². The Labute approximate surface area is 176 Å². The monoisotopic (exact) mass is 434 g/mol. The van der Waals surface area contributed by atoms with E-state index in [1.807, 2.05) is 13.8 Å². The highest BCUT2D eigenvalue weighted by atomic mass is 32.2. The summed E-state index contributed by atoms with van der Waals surface area (Å²) in [5.41, 5.74) is 1.01. The van der Waals surface area contributed by atoms with E-state index in [1.54, 1.807) is 27.7 Å². The molecule has 0 atom stereocenters. The Morgan fingerprint density at radius 1 is 1.17 bits per heavy atom. The van der Waals surface area contributed by atoms with Crippen LogP contribution in [0, 0.1) is 0 Å². The maximum absolute atomic E-state index is 13.3. The van der Waals surface area contributed by atoms with Gasteiger partial charge in [-0.3, -0.25) is 14.2 Å². The Hall–Kier alpha value is -2.72. The Morgan fingerprint density at radius 3 is 2.47 bits per heavy atom. The summed E-state index contributed by atoms with van der Waals surface area (Å²) in [7, 11) is -2.78. The first kappa shape index (κ1) is 22.0. The van der Waals surface area contributed by atoms with E-state index in [0.717, 1.165) is 17.1 Å². The molecule has 0 saturated heterocycles. The number of amides is 1. The van der Waals surface area contributed by atoms with Crippen LogP contribution >= 0.6 is 0 Å². The second-order valence-corrected chi connectivity index (χ2v) is 8.93. The molecule has 0 fully saturated rings. The lowest BCUT2D eigenvalue weighted by Crippen LogP contribution is -2.37. The molecular weight excluding hydrogens is 408 g/mol. The number of nitrogens with zero attached hydrogens (tertiary/aromatic N) is 4. The van der Waals surface area contributed by atoms with Crippen molar-refractivity contribution in [1.82, 2.24) is 18.8 Å². The third-order valence-corrected chi connectivity index (χ3v) is 6.78. The highest BCUT2D eigenvalue weighted by Crippen LogP contribution is 2.31. The number of para-hydroxylation sites is 1. The van der Waals surface area contributed by atoms with Gasteiger partial charge in [0.15, 0.2) is 5.69 Å². The molecule has 9 nitrogen and oxygen atoms in total. The van der Waals surface area contributed by atoms with E-state index in [4.69, 9.17) is 0 Å². The van der Waals surface area contributed by atoms with Crippen LogP contribution in [0.15, 0.2) is 35.5 Å². The number of methoxy groups -OCH3 is 1. The van der Waals surface area contributed by atoms with Crippen molar-refractivity contribution in [2.45, 2.75) is 38.1 Å². The second kappa shape index (κ2) is 8.97. The Kier molecular flexibility index (Phi) is 6.57. The lowest BCUT2D eigenvalue weighted by atomic mass is 10.2. The molecule has 1 aromatic carbocycles. The Morgan fingerprint density at radius 2 is 1.83 bits per heavy atom. The first-order valence-electron chi connectivity index (χ1n) is 9.87. The van der Waals surface area contributed by atoms with Gasteiger partial charge in [-0.2, -0.15) is 4.31 Å². The van der Waals surface area contributed by atoms with Crippen molar-refractivity contribution in [3.63, 3.8) is 0 Å². The molecule has 3 rings (SSSR count). The molecule has 0 saturated carbocycles. The molecule has 30 heavy (non-hydrogen) atoms. The fourth-order valence-corrected chi connectivity index (χ4v) is 5.06. The van der Waals surface area contributed by atoms with E-state index >= 15 is 0 Å². The van der Waals surface area contributed by atoms with Gasteiger partial charge in [0, 0.05) is 13.1 Å². The minimum Gasteiger partial charge on any atom is -0.468 e. The Bertz CT molecular complexity index is 1040. The van der Waals surface area contributed by atoms with Crippen LogP contribution in [0.5, 0.6) is 0 Å². The fourth-order valence-electron chi connectivity index (χ4n) is 3.53. The highest BCUT2D eigenvalue weighted by Gasteiger charge is 2.36. The van der Waals surface area contributed by atoms with Gasteiger partial charge in [-0.25, -0.2) is 13.4 Å². The number of rotatable bonds is 7. The van der Waals surface area contributed by atoms with Crippen LogP contribution in [-0.2, 0) is 26.1 Å². The van der Waals surface area contributed by atoms with E-state index < -0.39 is 22.5 Å². The van der Waals surface area contributed by atoms with Crippen LogP contribution in [0.3, 0.4) is 0 Å². The van der Waals surface area contributed by atoms with Crippen LogP contribution in [0.1, 0.15) is 42.9 Å². The summed E-state index contributed by atoms with van der Waals surface area (Å²) in [5.74, 6) is -0.933. The molecule has 0 bridgehead atoms. The summed E-state index contributed by atoms with van der Waals surface area (Å²) in [6.07, 6.45) is 3.07. The summed E-state index contributed by atoms with van der Waals surface area (Å²) < 4.78 is 33.8. The second-order valence-electron chi connectivity index (χ2n) is 7.02. The lowest BCUT2D eigenvalue weighted by Gasteiger charge is -2.22. The van der Waals surface area contributed by atoms with Gasteiger partial charge in [-0.05, 0) is 25.0 Å². The van der Waals surface area contributed by atoms with E-state index in [0.29, 0.717) is 24.5 Å². The standard InChI is InChI=1S/C20H26N4O5S/c1-4-10-22(11-5-2)20(26)19-16-12-23(13-18(25)29-3)30(27,28)17-9-7-6-8-15(17)24(16)14-21-19/h6-9,14H,4-5,10-13H2,1-3H3. The third kappa shape index (κ3) is 3.97. The van der Waals surface area contributed by atoms with Gasteiger partial charge in [0.1, 0.15) is 17.8 Å². The average Bonchev–Trinajstić information content (AvgIpc) is 3.12. The Balaban J connectivity index is 2.15. The first-order valence-corrected chi connectivity index (χ1v) is 11.3. The third-order valence-electron chi connectivity index (χ3n) is 4.95. The van der Waals surface area contributed by atoms with Gasteiger partial charge in [-0.1, -0.05) is 26.0 Å². The van der Waals surface area contributed by atoms with Crippen LogP contribution in [0.4, 0.5) is 0 Å². The molecule has 1 aromatic heterocycles. The predicted molar refractivity (Wildman–Crippen MR) is 110 cm³/mol. The van der Waals surface area contributed by atoms with Crippen LogP contribution in [-0.4, -0.2) is 65.8 Å². The number of hydrogen-bond acceptors (Lipinski definition) is 6.